The zero-order valence-electron chi connectivity index (χ0n) is 10.7. The van der Waals surface area contributed by atoms with E-state index < -0.39 is 0 Å². The van der Waals surface area contributed by atoms with E-state index in [1.54, 1.807) is 0 Å². The van der Waals surface area contributed by atoms with Gasteiger partial charge in [0.05, 0.1) is 11.3 Å². The van der Waals surface area contributed by atoms with Gasteiger partial charge in [0.2, 0.25) is 0 Å². The molecule has 1 aromatic rings. The molecule has 1 N–H and O–H groups in total. The van der Waals surface area contributed by atoms with E-state index in [2.05, 4.69) is 34.2 Å². The van der Waals surface area contributed by atoms with Crippen LogP contribution in [0.4, 0.5) is 5.69 Å². The minimum absolute atomic E-state index is 0.709. The summed E-state index contributed by atoms with van der Waals surface area (Å²) in [4.78, 5) is 0. The Morgan fingerprint density at radius 3 is 2.89 bits per heavy atom. The van der Waals surface area contributed by atoms with Crippen molar-refractivity contribution in [1.29, 1.82) is 5.26 Å². The fourth-order valence-electron chi connectivity index (χ4n) is 2.72. The van der Waals surface area contributed by atoms with E-state index in [-0.39, 0.29) is 0 Å². The van der Waals surface area contributed by atoms with E-state index in [9.17, 15) is 0 Å². The monoisotopic (exact) mass is 306 g/mol. The van der Waals surface area contributed by atoms with Crippen molar-refractivity contribution in [3.8, 4) is 6.07 Å². The van der Waals surface area contributed by atoms with Crippen molar-refractivity contribution in [1.82, 2.24) is 0 Å². The summed E-state index contributed by atoms with van der Waals surface area (Å²) in [6.45, 7) is 3.32. The Labute approximate surface area is 118 Å². The molecule has 1 saturated carbocycles. The molecule has 0 aromatic heterocycles. The molecule has 0 heterocycles. The zero-order valence-corrected chi connectivity index (χ0v) is 12.3. The molecule has 0 aliphatic heterocycles. The van der Waals surface area contributed by atoms with Crippen molar-refractivity contribution in [3.05, 3.63) is 28.2 Å². The second-order valence-electron chi connectivity index (χ2n) is 5.18. The SMILES string of the molecule is CC1CCCCC1CNc1cccc(Br)c1C#N. The van der Waals surface area contributed by atoms with Gasteiger partial charge >= 0.3 is 0 Å². The van der Waals surface area contributed by atoms with Gasteiger partial charge < -0.3 is 5.32 Å². The van der Waals surface area contributed by atoms with Gasteiger partial charge in [0.1, 0.15) is 6.07 Å². The Kier molecular flexibility index (Phi) is 4.66. The van der Waals surface area contributed by atoms with Crippen LogP contribution in [0, 0.1) is 23.2 Å². The van der Waals surface area contributed by atoms with Crippen molar-refractivity contribution >= 4 is 21.6 Å². The fraction of sp³-hybridized carbons (Fsp3) is 0.533. The third kappa shape index (κ3) is 3.05. The van der Waals surface area contributed by atoms with E-state index in [0.717, 1.165) is 28.5 Å². The highest BCUT2D eigenvalue weighted by atomic mass is 79.9. The number of halogens is 1. The first-order chi connectivity index (χ1) is 8.72. The van der Waals surface area contributed by atoms with Crippen LogP contribution < -0.4 is 5.32 Å². The number of hydrogen-bond donors (Lipinski definition) is 1. The topological polar surface area (TPSA) is 35.8 Å². The predicted octanol–water partition coefficient (Wildman–Crippen LogP) is 4.56. The van der Waals surface area contributed by atoms with Crippen LogP contribution in [0.5, 0.6) is 0 Å². The highest BCUT2D eigenvalue weighted by molar-refractivity contribution is 9.10. The number of rotatable bonds is 3. The molecule has 1 aromatic carbocycles. The van der Waals surface area contributed by atoms with Crippen LogP contribution in [0.2, 0.25) is 0 Å². The van der Waals surface area contributed by atoms with Crippen LogP contribution >= 0.6 is 15.9 Å². The van der Waals surface area contributed by atoms with Crippen molar-refractivity contribution in [2.75, 3.05) is 11.9 Å². The standard InChI is InChI=1S/C15H19BrN2/c1-11-5-2-3-6-12(11)10-18-15-8-4-7-14(16)13(15)9-17/h4,7-8,11-12,18H,2-3,5-6,10H2,1H3. The number of benzene rings is 1. The number of nitriles is 1. The second-order valence-corrected chi connectivity index (χ2v) is 6.03. The molecule has 18 heavy (non-hydrogen) atoms. The van der Waals surface area contributed by atoms with Crippen LogP contribution in [-0.4, -0.2) is 6.54 Å². The highest BCUT2D eigenvalue weighted by Gasteiger charge is 2.21. The molecule has 0 amide bonds. The smallest absolute Gasteiger partial charge is 0.103 e. The van der Waals surface area contributed by atoms with Crippen LogP contribution in [0.15, 0.2) is 22.7 Å². The van der Waals surface area contributed by atoms with Crippen molar-refractivity contribution in [3.63, 3.8) is 0 Å². The summed E-state index contributed by atoms with van der Waals surface area (Å²) < 4.78 is 0.867. The highest BCUT2D eigenvalue weighted by Crippen LogP contribution is 2.30. The molecule has 1 aliphatic rings. The maximum Gasteiger partial charge on any atom is 0.103 e. The molecule has 2 unspecified atom stereocenters. The maximum absolute atomic E-state index is 9.17. The molecule has 0 saturated heterocycles. The molecule has 1 fully saturated rings. The third-order valence-electron chi connectivity index (χ3n) is 3.97. The van der Waals surface area contributed by atoms with Gasteiger partial charge in [-0.1, -0.05) is 32.3 Å². The normalized spacial score (nSPS) is 23.4. The first kappa shape index (κ1) is 13.4. The molecular formula is C15H19BrN2. The molecule has 96 valence electrons. The minimum Gasteiger partial charge on any atom is -0.384 e. The maximum atomic E-state index is 9.17. The van der Waals surface area contributed by atoms with Crippen LogP contribution in [0.25, 0.3) is 0 Å². The molecular weight excluding hydrogens is 288 g/mol. The van der Waals surface area contributed by atoms with Crippen molar-refractivity contribution < 1.29 is 0 Å². The summed E-state index contributed by atoms with van der Waals surface area (Å²) in [5.41, 5.74) is 1.66. The fourth-order valence-corrected chi connectivity index (χ4v) is 3.18. The zero-order chi connectivity index (χ0) is 13.0. The molecule has 1 aliphatic carbocycles. The van der Waals surface area contributed by atoms with Crippen LogP contribution in [0.1, 0.15) is 38.2 Å². The minimum atomic E-state index is 0.709. The molecule has 0 spiro atoms. The predicted molar refractivity (Wildman–Crippen MR) is 78.5 cm³/mol. The van der Waals surface area contributed by atoms with E-state index in [1.807, 2.05) is 18.2 Å². The summed E-state index contributed by atoms with van der Waals surface area (Å²) >= 11 is 3.42. The number of anilines is 1. The first-order valence-electron chi connectivity index (χ1n) is 6.65. The van der Waals surface area contributed by atoms with Crippen molar-refractivity contribution in [2.45, 2.75) is 32.6 Å². The summed E-state index contributed by atoms with van der Waals surface area (Å²) in [5.74, 6) is 1.54. The molecule has 2 rings (SSSR count). The lowest BCUT2D eigenvalue weighted by Gasteiger charge is -2.29. The van der Waals surface area contributed by atoms with Gasteiger partial charge in [0.15, 0.2) is 0 Å². The van der Waals surface area contributed by atoms with Gasteiger partial charge in [0.25, 0.3) is 0 Å². The second kappa shape index (κ2) is 6.24. The lowest BCUT2D eigenvalue weighted by molar-refractivity contribution is 0.268. The largest absolute Gasteiger partial charge is 0.384 e. The van der Waals surface area contributed by atoms with Crippen LogP contribution in [0.3, 0.4) is 0 Å². The Hall–Kier alpha value is -1.01. The summed E-state index contributed by atoms with van der Waals surface area (Å²) in [6, 6.07) is 8.12. The summed E-state index contributed by atoms with van der Waals surface area (Å²) in [7, 11) is 0. The van der Waals surface area contributed by atoms with Gasteiger partial charge in [0, 0.05) is 11.0 Å². The Morgan fingerprint density at radius 1 is 1.39 bits per heavy atom. The lowest BCUT2D eigenvalue weighted by Crippen LogP contribution is -2.24. The summed E-state index contributed by atoms with van der Waals surface area (Å²) in [5, 5.41) is 12.6. The van der Waals surface area contributed by atoms with Gasteiger partial charge in [-0.15, -0.1) is 0 Å². The Bertz CT molecular complexity index is 450. The van der Waals surface area contributed by atoms with Gasteiger partial charge in [-0.25, -0.2) is 0 Å². The number of hydrogen-bond acceptors (Lipinski definition) is 2. The molecule has 2 nitrogen and oxygen atoms in total. The molecule has 0 bridgehead atoms. The molecule has 2 atom stereocenters. The van der Waals surface area contributed by atoms with E-state index in [1.165, 1.54) is 25.7 Å². The Balaban J connectivity index is 2.02. The summed E-state index contributed by atoms with van der Waals surface area (Å²) in [6.07, 6.45) is 5.37. The van der Waals surface area contributed by atoms with Gasteiger partial charge in [-0.05, 0) is 46.3 Å². The molecule has 3 heteroatoms. The first-order valence-corrected chi connectivity index (χ1v) is 7.44. The average Bonchev–Trinajstić information content (AvgIpc) is 2.38. The number of nitrogens with one attached hydrogen (secondary N) is 1. The van der Waals surface area contributed by atoms with E-state index >= 15 is 0 Å². The van der Waals surface area contributed by atoms with E-state index in [0.29, 0.717) is 5.56 Å². The quantitative estimate of drug-likeness (QED) is 0.888. The average molecular weight is 307 g/mol. The molecule has 0 radical (unpaired) electrons. The van der Waals surface area contributed by atoms with E-state index in [4.69, 9.17) is 5.26 Å². The lowest BCUT2D eigenvalue weighted by atomic mass is 9.80. The Morgan fingerprint density at radius 2 is 2.17 bits per heavy atom. The van der Waals surface area contributed by atoms with Gasteiger partial charge in [-0.3, -0.25) is 0 Å². The van der Waals surface area contributed by atoms with Gasteiger partial charge in [-0.2, -0.15) is 5.26 Å². The number of nitrogens with zero attached hydrogens (tertiary/aromatic N) is 1. The van der Waals surface area contributed by atoms with Crippen LogP contribution in [-0.2, 0) is 0 Å². The third-order valence-corrected chi connectivity index (χ3v) is 4.63. The van der Waals surface area contributed by atoms with Crippen molar-refractivity contribution in [2.24, 2.45) is 11.8 Å².